The molecule has 1 fully saturated rings. The van der Waals surface area contributed by atoms with E-state index in [1.807, 2.05) is 0 Å². The van der Waals surface area contributed by atoms with E-state index in [-0.39, 0.29) is 18.2 Å². The maximum atomic E-state index is 10.6. The molecular formula is C9H12O3. The summed E-state index contributed by atoms with van der Waals surface area (Å²) in [5.41, 5.74) is 0. The lowest BCUT2D eigenvalue weighted by Gasteiger charge is -2.27. The van der Waals surface area contributed by atoms with Crippen LogP contribution in [0.5, 0.6) is 0 Å². The van der Waals surface area contributed by atoms with Crippen molar-refractivity contribution in [2.24, 2.45) is 0 Å². The normalized spacial score (nSPS) is 29.0. The molecule has 0 radical (unpaired) electrons. The van der Waals surface area contributed by atoms with Crippen LogP contribution in [0.3, 0.4) is 0 Å². The minimum atomic E-state index is -0.359. The topological polar surface area (TPSA) is 35.5 Å². The van der Waals surface area contributed by atoms with Gasteiger partial charge in [-0.3, -0.25) is 4.79 Å². The van der Waals surface area contributed by atoms with Gasteiger partial charge in [0.05, 0.1) is 0 Å². The lowest BCUT2D eigenvalue weighted by Crippen LogP contribution is -2.36. The van der Waals surface area contributed by atoms with E-state index in [0.29, 0.717) is 6.61 Å². The minimum Gasteiger partial charge on any atom is -0.459 e. The Kier molecular flexibility index (Phi) is 3.12. The summed E-state index contributed by atoms with van der Waals surface area (Å²) in [5, 5.41) is 0. The third-order valence-electron chi connectivity index (χ3n) is 1.75. The van der Waals surface area contributed by atoms with E-state index >= 15 is 0 Å². The molecule has 1 rings (SSSR count). The van der Waals surface area contributed by atoms with Gasteiger partial charge in [0.2, 0.25) is 0 Å². The van der Waals surface area contributed by atoms with E-state index in [0.717, 1.165) is 12.8 Å². The van der Waals surface area contributed by atoms with Crippen molar-refractivity contribution >= 4 is 5.97 Å². The van der Waals surface area contributed by atoms with Crippen molar-refractivity contribution in [1.82, 2.24) is 0 Å². The first-order chi connectivity index (χ1) is 5.74. The quantitative estimate of drug-likeness (QED) is 0.427. The maximum absolute atomic E-state index is 10.6. The van der Waals surface area contributed by atoms with E-state index in [4.69, 9.17) is 15.9 Å². The molecule has 0 aliphatic carbocycles. The molecule has 1 heterocycles. The van der Waals surface area contributed by atoms with Gasteiger partial charge in [-0.2, -0.15) is 0 Å². The smallest absolute Gasteiger partial charge is 0.303 e. The molecule has 1 saturated heterocycles. The van der Waals surface area contributed by atoms with Crippen LogP contribution in [0.2, 0.25) is 0 Å². The Morgan fingerprint density at radius 1 is 1.75 bits per heavy atom. The molecule has 0 spiro atoms. The van der Waals surface area contributed by atoms with Crippen LogP contribution in [0.15, 0.2) is 0 Å². The van der Waals surface area contributed by atoms with Gasteiger partial charge in [-0.15, -0.1) is 6.42 Å². The molecule has 0 aromatic rings. The lowest BCUT2D eigenvalue weighted by atomic mass is 10.1. The van der Waals surface area contributed by atoms with Crippen molar-refractivity contribution in [2.75, 3.05) is 6.61 Å². The SMILES string of the molecule is C#C[C@H]1OCCC[C@H]1OC(C)=O. The highest BCUT2D eigenvalue weighted by Gasteiger charge is 2.26. The first-order valence-electron chi connectivity index (χ1n) is 3.99. The first-order valence-corrected chi connectivity index (χ1v) is 3.99. The standard InChI is InChI=1S/C9H12O3/c1-3-8-9(12-7(2)10)5-4-6-11-8/h1,8-9H,4-6H2,2H3/t8-,9-/m1/s1. The van der Waals surface area contributed by atoms with Crippen molar-refractivity contribution in [3.8, 4) is 12.3 Å². The molecule has 0 N–H and O–H groups in total. The number of carbonyl (C=O) groups excluding carboxylic acids is 1. The fourth-order valence-corrected chi connectivity index (χ4v) is 1.24. The number of esters is 1. The zero-order valence-corrected chi connectivity index (χ0v) is 7.08. The van der Waals surface area contributed by atoms with Gasteiger partial charge in [0.1, 0.15) is 6.10 Å². The molecule has 0 saturated carbocycles. The minimum absolute atomic E-state index is 0.249. The highest BCUT2D eigenvalue weighted by atomic mass is 16.6. The Labute approximate surface area is 72.0 Å². The fourth-order valence-electron chi connectivity index (χ4n) is 1.24. The van der Waals surface area contributed by atoms with Crippen LogP contribution in [-0.4, -0.2) is 24.8 Å². The third kappa shape index (κ3) is 2.24. The van der Waals surface area contributed by atoms with Crippen molar-refractivity contribution in [2.45, 2.75) is 32.0 Å². The highest BCUT2D eigenvalue weighted by molar-refractivity contribution is 5.66. The van der Waals surface area contributed by atoms with Gasteiger partial charge in [0.25, 0.3) is 0 Å². The molecular weight excluding hydrogens is 156 g/mol. The van der Waals surface area contributed by atoms with Crippen LogP contribution in [0.25, 0.3) is 0 Å². The number of hydrogen-bond donors (Lipinski definition) is 0. The summed E-state index contributed by atoms with van der Waals surface area (Å²) in [4.78, 5) is 10.6. The molecule has 2 atom stereocenters. The monoisotopic (exact) mass is 168 g/mol. The van der Waals surface area contributed by atoms with E-state index in [2.05, 4.69) is 5.92 Å². The summed E-state index contributed by atoms with van der Waals surface area (Å²) < 4.78 is 10.2. The van der Waals surface area contributed by atoms with Gasteiger partial charge in [-0.05, 0) is 12.8 Å². The Bertz CT molecular complexity index is 204. The van der Waals surface area contributed by atoms with Gasteiger partial charge in [-0.25, -0.2) is 0 Å². The summed E-state index contributed by atoms with van der Waals surface area (Å²) in [6, 6.07) is 0. The van der Waals surface area contributed by atoms with Crippen LogP contribution >= 0.6 is 0 Å². The number of rotatable bonds is 1. The van der Waals surface area contributed by atoms with E-state index in [9.17, 15) is 4.79 Å². The first kappa shape index (κ1) is 9.08. The summed E-state index contributed by atoms with van der Waals surface area (Å²) in [5.74, 6) is 2.16. The summed E-state index contributed by atoms with van der Waals surface area (Å²) in [6.45, 7) is 2.04. The molecule has 66 valence electrons. The number of hydrogen-bond acceptors (Lipinski definition) is 3. The average molecular weight is 168 g/mol. The van der Waals surface area contributed by atoms with Crippen LogP contribution in [0.1, 0.15) is 19.8 Å². The molecule has 0 amide bonds. The largest absolute Gasteiger partial charge is 0.459 e. The second kappa shape index (κ2) is 4.13. The lowest BCUT2D eigenvalue weighted by molar-refractivity contribution is -0.156. The second-order valence-corrected chi connectivity index (χ2v) is 2.75. The third-order valence-corrected chi connectivity index (χ3v) is 1.75. The summed E-state index contributed by atoms with van der Waals surface area (Å²) in [6.07, 6.45) is 6.29. The fraction of sp³-hybridized carbons (Fsp3) is 0.667. The van der Waals surface area contributed by atoms with Crippen LogP contribution in [0, 0.1) is 12.3 Å². The van der Waals surface area contributed by atoms with Gasteiger partial charge in [0.15, 0.2) is 6.10 Å². The maximum Gasteiger partial charge on any atom is 0.303 e. The highest BCUT2D eigenvalue weighted by Crippen LogP contribution is 2.16. The van der Waals surface area contributed by atoms with Crippen molar-refractivity contribution in [1.29, 1.82) is 0 Å². The Balaban J connectivity index is 2.48. The van der Waals surface area contributed by atoms with E-state index in [1.165, 1.54) is 6.92 Å². The molecule has 3 heteroatoms. The van der Waals surface area contributed by atoms with Crippen LogP contribution in [0.4, 0.5) is 0 Å². The van der Waals surface area contributed by atoms with E-state index in [1.54, 1.807) is 0 Å². The molecule has 1 aliphatic rings. The Morgan fingerprint density at radius 3 is 3.08 bits per heavy atom. The second-order valence-electron chi connectivity index (χ2n) is 2.75. The molecule has 12 heavy (non-hydrogen) atoms. The average Bonchev–Trinajstić information content (AvgIpc) is 2.04. The number of ether oxygens (including phenoxy) is 2. The molecule has 0 bridgehead atoms. The van der Waals surface area contributed by atoms with Crippen LogP contribution < -0.4 is 0 Å². The Morgan fingerprint density at radius 2 is 2.50 bits per heavy atom. The van der Waals surface area contributed by atoms with Crippen molar-refractivity contribution < 1.29 is 14.3 Å². The zero-order valence-electron chi connectivity index (χ0n) is 7.08. The van der Waals surface area contributed by atoms with E-state index < -0.39 is 0 Å². The predicted molar refractivity (Wildman–Crippen MR) is 43.4 cm³/mol. The molecule has 0 aromatic heterocycles. The Hall–Kier alpha value is -1.01. The molecule has 0 unspecified atom stereocenters. The number of carbonyl (C=O) groups is 1. The molecule has 3 nitrogen and oxygen atoms in total. The zero-order chi connectivity index (χ0) is 8.97. The van der Waals surface area contributed by atoms with Crippen LogP contribution in [-0.2, 0) is 14.3 Å². The summed E-state index contributed by atoms with van der Waals surface area (Å²) in [7, 11) is 0. The van der Waals surface area contributed by atoms with Gasteiger partial charge in [0, 0.05) is 13.5 Å². The van der Waals surface area contributed by atoms with Gasteiger partial charge < -0.3 is 9.47 Å². The molecule has 0 aromatic carbocycles. The van der Waals surface area contributed by atoms with Crippen molar-refractivity contribution in [3.05, 3.63) is 0 Å². The van der Waals surface area contributed by atoms with Gasteiger partial charge in [-0.1, -0.05) is 5.92 Å². The number of terminal acetylenes is 1. The molecule has 1 aliphatic heterocycles. The predicted octanol–water partition coefficient (Wildman–Crippen LogP) is 0.730. The summed E-state index contributed by atoms with van der Waals surface area (Å²) >= 11 is 0. The van der Waals surface area contributed by atoms with Crippen molar-refractivity contribution in [3.63, 3.8) is 0 Å². The van der Waals surface area contributed by atoms with Gasteiger partial charge >= 0.3 is 5.97 Å².